The zero-order valence-corrected chi connectivity index (χ0v) is 18.3. The normalized spacial score (nSPS) is 12.5. The van der Waals surface area contributed by atoms with Gasteiger partial charge in [-0.3, -0.25) is 4.79 Å². The van der Waals surface area contributed by atoms with E-state index in [-0.39, 0.29) is 23.8 Å². The largest absolute Gasteiger partial charge is 0.348 e. The topological polar surface area (TPSA) is 66.5 Å². The summed E-state index contributed by atoms with van der Waals surface area (Å²) in [6, 6.07) is 21.0. The maximum absolute atomic E-state index is 13.2. The van der Waals surface area contributed by atoms with Crippen LogP contribution in [0.1, 0.15) is 29.7 Å². The number of amides is 1. The molecule has 0 heterocycles. The number of hydrogen-bond donors (Lipinski definition) is 1. The SMILES string of the molecule is Cc1ccc(CN(CC(=O)N[C@H](C)c2ccc(F)cc2)S(=O)(=O)c2ccccc2)cc1. The summed E-state index contributed by atoms with van der Waals surface area (Å²) in [5.74, 6) is -0.802. The van der Waals surface area contributed by atoms with Crippen LogP contribution in [0.3, 0.4) is 0 Å². The highest BCUT2D eigenvalue weighted by molar-refractivity contribution is 7.89. The second kappa shape index (κ2) is 9.85. The van der Waals surface area contributed by atoms with Crippen molar-refractivity contribution >= 4 is 15.9 Å². The van der Waals surface area contributed by atoms with Crippen molar-refractivity contribution in [3.63, 3.8) is 0 Å². The van der Waals surface area contributed by atoms with Gasteiger partial charge in [-0.1, -0.05) is 60.2 Å². The molecular weight excluding hydrogens is 415 g/mol. The van der Waals surface area contributed by atoms with Gasteiger partial charge < -0.3 is 5.32 Å². The zero-order chi connectivity index (χ0) is 22.4. The van der Waals surface area contributed by atoms with Crippen molar-refractivity contribution in [1.82, 2.24) is 9.62 Å². The van der Waals surface area contributed by atoms with Crippen molar-refractivity contribution in [3.05, 3.63) is 101 Å². The van der Waals surface area contributed by atoms with Gasteiger partial charge >= 0.3 is 0 Å². The predicted molar refractivity (Wildman–Crippen MR) is 118 cm³/mol. The van der Waals surface area contributed by atoms with Gasteiger partial charge in [0.25, 0.3) is 0 Å². The highest BCUT2D eigenvalue weighted by atomic mass is 32.2. The van der Waals surface area contributed by atoms with E-state index in [9.17, 15) is 17.6 Å². The van der Waals surface area contributed by atoms with Crippen LogP contribution in [0, 0.1) is 12.7 Å². The summed E-state index contributed by atoms with van der Waals surface area (Å²) in [5.41, 5.74) is 2.57. The van der Waals surface area contributed by atoms with E-state index in [1.807, 2.05) is 31.2 Å². The number of carbonyl (C=O) groups is 1. The van der Waals surface area contributed by atoms with Crippen LogP contribution < -0.4 is 5.32 Å². The molecule has 0 bridgehead atoms. The molecule has 0 aliphatic rings. The van der Waals surface area contributed by atoms with Crippen LogP contribution >= 0.6 is 0 Å². The maximum Gasteiger partial charge on any atom is 0.243 e. The van der Waals surface area contributed by atoms with Gasteiger partial charge in [-0.15, -0.1) is 0 Å². The first kappa shape index (κ1) is 22.7. The van der Waals surface area contributed by atoms with Gasteiger partial charge in [0, 0.05) is 6.54 Å². The molecule has 162 valence electrons. The highest BCUT2D eigenvalue weighted by Gasteiger charge is 2.27. The lowest BCUT2D eigenvalue weighted by atomic mass is 10.1. The fourth-order valence-corrected chi connectivity index (χ4v) is 4.55. The van der Waals surface area contributed by atoms with Crippen molar-refractivity contribution in [3.8, 4) is 0 Å². The van der Waals surface area contributed by atoms with E-state index in [1.165, 1.54) is 28.6 Å². The Hall–Kier alpha value is -3.03. The summed E-state index contributed by atoms with van der Waals surface area (Å²) in [7, 11) is -3.89. The first-order chi connectivity index (χ1) is 14.8. The maximum atomic E-state index is 13.2. The van der Waals surface area contributed by atoms with Gasteiger partial charge in [0.1, 0.15) is 5.82 Å². The lowest BCUT2D eigenvalue weighted by Crippen LogP contribution is -2.41. The summed E-state index contributed by atoms with van der Waals surface area (Å²) < 4.78 is 40.8. The molecule has 7 heteroatoms. The van der Waals surface area contributed by atoms with Gasteiger partial charge in [0.05, 0.1) is 17.5 Å². The Labute approximate surface area is 182 Å². The van der Waals surface area contributed by atoms with Crippen LogP contribution in [0.5, 0.6) is 0 Å². The third kappa shape index (κ3) is 5.99. The number of aryl methyl sites for hydroxylation is 1. The van der Waals surface area contributed by atoms with Gasteiger partial charge in [-0.05, 0) is 49.2 Å². The number of nitrogens with zero attached hydrogens (tertiary/aromatic N) is 1. The zero-order valence-electron chi connectivity index (χ0n) is 17.5. The monoisotopic (exact) mass is 440 g/mol. The molecule has 1 amide bonds. The lowest BCUT2D eigenvalue weighted by Gasteiger charge is -2.23. The Balaban J connectivity index is 1.81. The van der Waals surface area contributed by atoms with Crippen molar-refractivity contribution < 1.29 is 17.6 Å². The van der Waals surface area contributed by atoms with E-state index < -0.39 is 22.0 Å². The van der Waals surface area contributed by atoms with E-state index in [0.29, 0.717) is 0 Å². The number of halogens is 1. The molecule has 1 atom stereocenters. The Bertz CT molecular complexity index is 1120. The quantitative estimate of drug-likeness (QED) is 0.571. The summed E-state index contributed by atoms with van der Waals surface area (Å²) in [6.07, 6.45) is 0. The van der Waals surface area contributed by atoms with Crippen molar-refractivity contribution in [2.45, 2.75) is 31.3 Å². The minimum Gasteiger partial charge on any atom is -0.348 e. The molecule has 5 nitrogen and oxygen atoms in total. The highest BCUT2D eigenvalue weighted by Crippen LogP contribution is 2.19. The van der Waals surface area contributed by atoms with E-state index in [1.54, 1.807) is 37.3 Å². The van der Waals surface area contributed by atoms with Crippen LogP contribution in [0.2, 0.25) is 0 Å². The molecule has 31 heavy (non-hydrogen) atoms. The Morgan fingerprint density at radius 3 is 2.19 bits per heavy atom. The van der Waals surface area contributed by atoms with Crippen LogP contribution in [0.25, 0.3) is 0 Å². The first-order valence-corrected chi connectivity index (χ1v) is 11.4. The fourth-order valence-electron chi connectivity index (χ4n) is 3.15. The van der Waals surface area contributed by atoms with Gasteiger partial charge in [-0.25, -0.2) is 12.8 Å². The second-order valence-electron chi connectivity index (χ2n) is 7.41. The molecule has 0 aliphatic carbocycles. The molecule has 3 aromatic carbocycles. The molecule has 0 saturated heterocycles. The molecule has 0 aromatic heterocycles. The number of hydrogen-bond acceptors (Lipinski definition) is 3. The molecular formula is C24H25FN2O3S. The second-order valence-corrected chi connectivity index (χ2v) is 9.35. The van der Waals surface area contributed by atoms with Gasteiger partial charge in [0.2, 0.25) is 15.9 Å². The van der Waals surface area contributed by atoms with Crippen molar-refractivity contribution in [2.75, 3.05) is 6.54 Å². The molecule has 0 spiro atoms. The average Bonchev–Trinajstić information content (AvgIpc) is 2.75. The average molecular weight is 441 g/mol. The molecule has 0 saturated carbocycles. The van der Waals surface area contributed by atoms with Crippen LogP contribution in [-0.4, -0.2) is 25.2 Å². The van der Waals surface area contributed by atoms with Gasteiger partial charge in [0.15, 0.2) is 0 Å². The van der Waals surface area contributed by atoms with Crippen LogP contribution in [0.15, 0.2) is 83.8 Å². The Morgan fingerprint density at radius 1 is 0.968 bits per heavy atom. The first-order valence-electron chi connectivity index (χ1n) is 9.91. The molecule has 3 aromatic rings. The number of sulfonamides is 1. The van der Waals surface area contributed by atoms with E-state index in [0.717, 1.165) is 16.7 Å². The van der Waals surface area contributed by atoms with E-state index in [2.05, 4.69) is 5.32 Å². The number of rotatable bonds is 8. The van der Waals surface area contributed by atoms with Crippen molar-refractivity contribution in [1.29, 1.82) is 0 Å². The molecule has 0 radical (unpaired) electrons. The Kier molecular flexibility index (Phi) is 7.20. The lowest BCUT2D eigenvalue weighted by molar-refractivity contribution is -0.122. The minimum absolute atomic E-state index is 0.0653. The molecule has 0 unspecified atom stereocenters. The smallest absolute Gasteiger partial charge is 0.243 e. The molecule has 0 fully saturated rings. The molecule has 3 rings (SSSR count). The van der Waals surface area contributed by atoms with Gasteiger partial charge in [-0.2, -0.15) is 4.31 Å². The fraction of sp³-hybridized carbons (Fsp3) is 0.208. The number of carbonyl (C=O) groups excluding carboxylic acids is 1. The summed E-state index contributed by atoms with van der Waals surface area (Å²) >= 11 is 0. The van der Waals surface area contributed by atoms with Crippen LogP contribution in [0.4, 0.5) is 4.39 Å². The third-order valence-corrected chi connectivity index (χ3v) is 6.73. The third-order valence-electron chi connectivity index (χ3n) is 4.93. The minimum atomic E-state index is -3.89. The number of benzene rings is 3. The Morgan fingerprint density at radius 2 is 1.58 bits per heavy atom. The summed E-state index contributed by atoms with van der Waals surface area (Å²) in [5, 5.41) is 2.80. The number of nitrogens with one attached hydrogen (secondary N) is 1. The van der Waals surface area contributed by atoms with E-state index >= 15 is 0 Å². The van der Waals surface area contributed by atoms with Crippen molar-refractivity contribution in [2.24, 2.45) is 0 Å². The standard InChI is InChI=1S/C24H25FN2O3S/c1-18-8-10-20(11-9-18)16-27(31(29,30)23-6-4-3-5-7-23)17-24(28)26-19(2)21-12-14-22(25)15-13-21/h3-15,19H,16-17H2,1-2H3,(H,26,28)/t19-/m1/s1. The predicted octanol–water partition coefficient (Wildman–Crippen LogP) is 4.20. The molecule has 1 N–H and O–H groups in total. The van der Waals surface area contributed by atoms with Crippen LogP contribution in [-0.2, 0) is 21.4 Å². The summed E-state index contributed by atoms with van der Waals surface area (Å²) in [4.78, 5) is 12.9. The van der Waals surface area contributed by atoms with E-state index in [4.69, 9.17) is 0 Å². The molecule has 0 aliphatic heterocycles. The summed E-state index contributed by atoms with van der Waals surface area (Å²) in [6.45, 7) is 3.44.